The van der Waals surface area contributed by atoms with E-state index < -0.39 is 28.0 Å². The topological polar surface area (TPSA) is 178 Å². The average Bonchev–Trinajstić information content (AvgIpc) is 0.867. The van der Waals surface area contributed by atoms with Gasteiger partial charge in [0.1, 0.15) is 28.0 Å². The minimum absolute atomic E-state index is 0.0108. The number of hydrogen-bond donors (Lipinski definition) is 0. The smallest absolute Gasteiger partial charge is 0.306 e. The van der Waals surface area contributed by atoms with Crippen LogP contribution in [-0.2, 0) is 71.3 Å². The maximum Gasteiger partial charge on any atom is 0.306 e. The Hall–Kier alpha value is -6.75. The summed E-state index contributed by atoms with van der Waals surface area (Å²) < 4.78 is 56.6. The Morgan fingerprint density at radius 3 is 1.06 bits per heavy atom. The van der Waals surface area contributed by atoms with Gasteiger partial charge in [-0.2, -0.15) is 0 Å². The first-order valence-electron chi connectivity index (χ1n) is 33.3. The maximum absolute atomic E-state index is 11.7. The fraction of sp³-hybridized carbons (Fsp3) is 0.551. The van der Waals surface area contributed by atoms with Gasteiger partial charge in [-0.1, -0.05) is 150 Å². The van der Waals surface area contributed by atoms with E-state index in [2.05, 4.69) is 139 Å². The van der Waals surface area contributed by atoms with Crippen LogP contribution in [0.25, 0.3) is 0 Å². The Balaban J connectivity index is 0.000000185. The molecule has 0 aliphatic carbocycles. The first-order chi connectivity index (χ1) is 43.9. The molecule has 0 radical (unpaired) electrons. The van der Waals surface area contributed by atoms with Gasteiger partial charge in [-0.15, -0.1) is 0 Å². The van der Waals surface area contributed by atoms with Crippen LogP contribution in [0.1, 0.15) is 238 Å². The minimum atomic E-state index is -0.410. The molecule has 5 heterocycles. The first-order valence-corrected chi connectivity index (χ1v) is 33.3. The highest BCUT2D eigenvalue weighted by molar-refractivity contribution is 5.70. The SMILES string of the molecule is CC(=O)OC1(C)CCOC(c2cc(C)cc(C)c2)C1.CC(=O)OC1(C)CCOC(c2ccc(C)cc2)C1.CC(=O)OC1(C)CCOC(c2cccc(C)c2)C1.CC(=O)OC1(C)CCOC(c2ccccc2C)C1.CCCC(=O)OC1(C)CCOC(c2ccc(C)cc2)C1. The van der Waals surface area contributed by atoms with Crippen molar-refractivity contribution in [1.82, 2.24) is 0 Å². The van der Waals surface area contributed by atoms with Crippen LogP contribution >= 0.6 is 0 Å². The minimum Gasteiger partial charge on any atom is -0.459 e. The van der Waals surface area contributed by atoms with Gasteiger partial charge in [-0.05, 0) is 116 Å². The van der Waals surface area contributed by atoms with Crippen LogP contribution in [0.3, 0.4) is 0 Å². The van der Waals surface area contributed by atoms with Gasteiger partial charge in [0.15, 0.2) is 0 Å². The Morgan fingerprint density at radius 1 is 0.366 bits per heavy atom. The van der Waals surface area contributed by atoms with E-state index in [-0.39, 0.29) is 60.4 Å². The zero-order chi connectivity index (χ0) is 68.2. The molecule has 10 atom stereocenters. The summed E-state index contributed by atoms with van der Waals surface area (Å²) in [5.41, 5.74) is 11.2. The van der Waals surface area contributed by atoms with E-state index in [1.165, 1.54) is 72.2 Å². The highest BCUT2D eigenvalue weighted by Gasteiger charge is 2.41. The fourth-order valence-electron chi connectivity index (χ4n) is 12.9. The quantitative estimate of drug-likeness (QED) is 0.0850. The summed E-state index contributed by atoms with van der Waals surface area (Å²) in [6.45, 7) is 33.4. The monoisotopic (exact) mass is 1280 g/mol. The number of hydrogen-bond acceptors (Lipinski definition) is 15. The summed E-state index contributed by atoms with van der Waals surface area (Å²) >= 11 is 0. The molecule has 0 N–H and O–H groups in total. The highest BCUT2D eigenvalue weighted by Crippen LogP contribution is 2.42. The van der Waals surface area contributed by atoms with Crippen LogP contribution in [-0.4, -0.2) is 90.9 Å². The van der Waals surface area contributed by atoms with Crippen molar-refractivity contribution in [3.8, 4) is 0 Å². The normalized spacial score (nSPS) is 27.3. The molecule has 0 spiro atoms. The number of aryl methyl sites for hydroxylation is 6. The van der Waals surface area contributed by atoms with Gasteiger partial charge >= 0.3 is 29.8 Å². The summed E-state index contributed by atoms with van der Waals surface area (Å²) in [6.07, 6.45) is 8.80. The predicted molar refractivity (Wildman–Crippen MR) is 360 cm³/mol. The van der Waals surface area contributed by atoms with E-state index in [0.717, 1.165) is 87.3 Å². The molecule has 15 heteroatoms. The maximum atomic E-state index is 11.7. The zero-order valence-corrected chi connectivity index (χ0v) is 58.5. The second kappa shape index (κ2) is 34.6. The van der Waals surface area contributed by atoms with Gasteiger partial charge in [-0.3, -0.25) is 24.0 Å². The number of ether oxygens (including phenoxy) is 10. The number of rotatable bonds is 12. The van der Waals surface area contributed by atoms with E-state index in [9.17, 15) is 24.0 Å². The third-order valence-electron chi connectivity index (χ3n) is 17.7. The van der Waals surface area contributed by atoms with E-state index in [4.69, 9.17) is 47.4 Å². The lowest BCUT2D eigenvalue weighted by molar-refractivity contribution is -0.173. The number of carbonyl (C=O) groups excluding carboxylic acids is 5. The van der Waals surface area contributed by atoms with Crippen molar-refractivity contribution in [1.29, 1.82) is 0 Å². The molecule has 5 aliphatic rings. The lowest BCUT2D eigenvalue weighted by Crippen LogP contribution is -2.39. The van der Waals surface area contributed by atoms with Crippen LogP contribution in [0.2, 0.25) is 0 Å². The number of benzene rings is 5. The van der Waals surface area contributed by atoms with Gasteiger partial charge in [0.2, 0.25) is 0 Å². The number of carbonyl (C=O) groups is 5. The molecule has 0 amide bonds. The van der Waals surface area contributed by atoms with Gasteiger partial charge in [-0.25, -0.2) is 0 Å². The van der Waals surface area contributed by atoms with E-state index in [0.29, 0.717) is 39.5 Å². The summed E-state index contributed by atoms with van der Waals surface area (Å²) in [7, 11) is 0. The third kappa shape index (κ3) is 24.8. The van der Waals surface area contributed by atoms with Crippen LogP contribution in [0, 0.1) is 41.5 Å². The number of esters is 5. The molecule has 10 unspecified atom stereocenters. The predicted octanol–water partition coefficient (Wildman–Crippen LogP) is 16.9. The fourth-order valence-corrected chi connectivity index (χ4v) is 12.9. The van der Waals surface area contributed by atoms with Crippen LogP contribution < -0.4 is 0 Å². The Morgan fingerprint density at radius 2 is 0.699 bits per heavy atom. The zero-order valence-electron chi connectivity index (χ0n) is 58.5. The molecular formula is C78H106O15. The van der Waals surface area contributed by atoms with Crippen LogP contribution in [0.15, 0.2) is 115 Å². The molecule has 10 rings (SSSR count). The van der Waals surface area contributed by atoms with Crippen LogP contribution in [0.5, 0.6) is 0 Å². The lowest BCUT2D eigenvalue weighted by Gasteiger charge is -2.38. The molecule has 5 aliphatic heterocycles. The van der Waals surface area contributed by atoms with E-state index in [1.54, 1.807) is 0 Å². The summed E-state index contributed by atoms with van der Waals surface area (Å²) in [4.78, 5) is 56.4. The molecule has 5 aromatic carbocycles. The van der Waals surface area contributed by atoms with Crippen LogP contribution in [0.4, 0.5) is 0 Å². The van der Waals surface area contributed by atoms with Crippen molar-refractivity contribution < 1.29 is 71.3 Å². The van der Waals surface area contributed by atoms with Gasteiger partial charge in [0.25, 0.3) is 0 Å². The van der Waals surface area contributed by atoms with Crippen molar-refractivity contribution >= 4 is 29.8 Å². The summed E-state index contributed by atoms with van der Waals surface area (Å²) in [5.74, 6) is -0.976. The van der Waals surface area contributed by atoms with Crippen molar-refractivity contribution in [3.05, 3.63) is 176 Å². The third-order valence-corrected chi connectivity index (χ3v) is 17.7. The standard InChI is InChI=1S/C17H24O3.C16H22O3.3C15H20O3/c1-4-5-16(18)20-17(3)10-11-19-15(12-17)14-8-6-13(2)7-9-14;1-11-7-12(2)9-14(8-11)15-10-16(4,5-6-18-15)19-13(3)17;1-11-4-6-13(7-5-11)14-10-15(3,8-9-17-14)18-12(2)16;1-11-5-4-6-13(9-11)14-10-15(3,7-8-17-14)18-12(2)16;1-11-6-4-5-7-13(11)14-10-15(3,8-9-17-14)18-12(2)16/h6-9,15H,4-5,10-12H2,1-3H3;7-9,15H,5-6,10H2,1-4H3;4-7,14H,8-10H2,1-3H3;4-6,9,14H,7-8,10H2,1-3H3;4-7,14H,8-10H2,1-3H3. The molecule has 0 aromatic heterocycles. The molecular weight excluding hydrogens is 1180 g/mol. The largest absolute Gasteiger partial charge is 0.459 e. The van der Waals surface area contributed by atoms with Crippen molar-refractivity contribution in [2.45, 2.75) is 246 Å². The van der Waals surface area contributed by atoms with Gasteiger partial charge in [0.05, 0.1) is 63.6 Å². The Labute approximate surface area is 554 Å². The summed E-state index contributed by atoms with van der Waals surface area (Å²) in [6, 6.07) is 39.6. The molecule has 5 aromatic rings. The highest BCUT2D eigenvalue weighted by atomic mass is 16.6. The van der Waals surface area contributed by atoms with Gasteiger partial charge < -0.3 is 47.4 Å². The second-order valence-electron chi connectivity index (χ2n) is 27.4. The van der Waals surface area contributed by atoms with Crippen molar-refractivity contribution in [2.24, 2.45) is 0 Å². The molecule has 0 saturated carbocycles. The molecule has 93 heavy (non-hydrogen) atoms. The molecule has 508 valence electrons. The average molecular weight is 1280 g/mol. The molecule has 0 bridgehead atoms. The molecule has 5 saturated heterocycles. The Bertz CT molecular complexity index is 3210. The van der Waals surface area contributed by atoms with E-state index >= 15 is 0 Å². The van der Waals surface area contributed by atoms with Crippen molar-refractivity contribution in [2.75, 3.05) is 33.0 Å². The first kappa shape index (κ1) is 75.3. The lowest BCUT2D eigenvalue weighted by atomic mass is 9.87. The van der Waals surface area contributed by atoms with Crippen molar-refractivity contribution in [3.63, 3.8) is 0 Å². The molecule has 15 nitrogen and oxygen atoms in total. The summed E-state index contributed by atoms with van der Waals surface area (Å²) in [5, 5.41) is 0. The van der Waals surface area contributed by atoms with E-state index in [1.807, 2.05) is 59.7 Å². The molecule has 5 fully saturated rings. The van der Waals surface area contributed by atoms with Gasteiger partial charge in [0, 0.05) is 98.3 Å². The Kier molecular flexibility index (Phi) is 28.0. The second-order valence-corrected chi connectivity index (χ2v) is 27.4.